The van der Waals surface area contributed by atoms with Crippen LogP contribution in [0.5, 0.6) is 0 Å². The van der Waals surface area contributed by atoms with Gasteiger partial charge in [-0.3, -0.25) is 4.79 Å². The molecular formula is C12H13BrF2N2O2. The first kappa shape index (κ1) is 14.4. The molecule has 1 fully saturated rings. The van der Waals surface area contributed by atoms with Crippen molar-refractivity contribution < 1.29 is 18.3 Å². The van der Waals surface area contributed by atoms with Crippen LogP contribution in [0.1, 0.15) is 6.92 Å². The Labute approximate surface area is 117 Å². The lowest BCUT2D eigenvalue weighted by Crippen LogP contribution is -2.59. The summed E-state index contributed by atoms with van der Waals surface area (Å²) in [7, 11) is 0. The van der Waals surface area contributed by atoms with Gasteiger partial charge in [0.05, 0.1) is 11.3 Å². The molecular weight excluding hydrogens is 322 g/mol. The molecule has 0 spiro atoms. The minimum absolute atomic E-state index is 0.0908. The summed E-state index contributed by atoms with van der Waals surface area (Å²) in [4.78, 5) is 11.7. The van der Waals surface area contributed by atoms with Gasteiger partial charge in [0, 0.05) is 23.6 Å². The van der Waals surface area contributed by atoms with Gasteiger partial charge in [-0.25, -0.2) is 8.78 Å². The van der Waals surface area contributed by atoms with Gasteiger partial charge in [-0.15, -0.1) is 0 Å². The lowest BCUT2D eigenvalue weighted by atomic mass is 10.0. The number of hydrogen-bond donors (Lipinski definition) is 2. The molecule has 0 aliphatic carbocycles. The van der Waals surface area contributed by atoms with E-state index in [0.717, 1.165) is 6.07 Å². The number of carbonyl (C=O) groups excluding carboxylic acids is 1. The van der Waals surface area contributed by atoms with Crippen molar-refractivity contribution in [2.75, 3.05) is 25.0 Å². The molecule has 2 N–H and O–H groups in total. The van der Waals surface area contributed by atoms with Crippen LogP contribution in [-0.2, 0) is 9.53 Å². The first-order chi connectivity index (χ1) is 8.89. The molecule has 1 amide bonds. The third kappa shape index (κ3) is 3.49. The molecule has 0 bridgehead atoms. The SMILES string of the molecule is CC1(OCC(=O)Nc2c(F)cc(F)cc2Br)CNC1. The molecule has 1 aliphatic rings. The number of benzene rings is 1. The maximum absolute atomic E-state index is 13.5. The number of rotatable bonds is 4. The average molecular weight is 335 g/mol. The zero-order chi connectivity index (χ0) is 14.0. The van der Waals surface area contributed by atoms with Crippen molar-refractivity contribution >= 4 is 27.5 Å². The summed E-state index contributed by atoms with van der Waals surface area (Å²) in [6.45, 7) is 3.05. The van der Waals surface area contributed by atoms with E-state index in [0.29, 0.717) is 19.2 Å². The second-order valence-electron chi connectivity index (χ2n) is 4.63. The van der Waals surface area contributed by atoms with Crippen molar-refractivity contribution in [2.45, 2.75) is 12.5 Å². The second-order valence-corrected chi connectivity index (χ2v) is 5.49. The third-order valence-electron chi connectivity index (χ3n) is 2.82. The van der Waals surface area contributed by atoms with E-state index in [1.54, 1.807) is 0 Å². The highest BCUT2D eigenvalue weighted by Gasteiger charge is 2.33. The number of ether oxygens (including phenoxy) is 1. The highest BCUT2D eigenvalue weighted by Crippen LogP contribution is 2.26. The maximum Gasteiger partial charge on any atom is 0.250 e. The standard InChI is InChI=1S/C12H13BrF2N2O2/c1-12(5-16-6-12)19-4-10(18)17-11-8(13)2-7(14)3-9(11)15/h2-3,16H,4-6H2,1H3,(H,17,18). The summed E-state index contributed by atoms with van der Waals surface area (Å²) in [6, 6.07) is 1.79. The summed E-state index contributed by atoms with van der Waals surface area (Å²) in [5.74, 6) is -2.04. The van der Waals surface area contributed by atoms with E-state index in [-0.39, 0.29) is 22.4 Å². The Morgan fingerprint density at radius 1 is 1.53 bits per heavy atom. The normalized spacial score (nSPS) is 16.8. The Hall–Kier alpha value is -1.05. The van der Waals surface area contributed by atoms with Gasteiger partial charge in [-0.1, -0.05) is 0 Å². The lowest BCUT2D eigenvalue weighted by Gasteiger charge is -2.38. The molecule has 2 rings (SSSR count). The van der Waals surface area contributed by atoms with Gasteiger partial charge in [-0.2, -0.15) is 0 Å². The highest BCUT2D eigenvalue weighted by molar-refractivity contribution is 9.10. The van der Waals surface area contributed by atoms with Gasteiger partial charge in [-0.05, 0) is 28.9 Å². The number of carbonyl (C=O) groups is 1. The number of hydrogen-bond acceptors (Lipinski definition) is 3. The van der Waals surface area contributed by atoms with E-state index < -0.39 is 17.5 Å². The van der Waals surface area contributed by atoms with Crippen LogP contribution in [0, 0.1) is 11.6 Å². The number of anilines is 1. The molecule has 1 heterocycles. The van der Waals surface area contributed by atoms with Gasteiger partial charge < -0.3 is 15.4 Å². The molecule has 0 atom stereocenters. The van der Waals surface area contributed by atoms with E-state index in [2.05, 4.69) is 26.6 Å². The van der Waals surface area contributed by atoms with Crippen molar-refractivity contribution in [3.05, 3.63) is 28.2 Å². The van der Waals surface area contributed by atoms with Crippen LogP contribution in [-0.4, -0.2) is 31.2 Å². The third-order valence-corrected chi connectivity index (χ3v) is 3.45. The van der Waals surface area contributed by atoms with Crippen LogP contribution in [0.4, 0.5) is 14.5 Å². The summed E-state index contributed by atoms with van der Waals surface area (Å²) in [6.07, 6.45) is 0. The maximum atomic E-state index is 13.5. The molecule has 104 valence electrons. The molecule has 0 unspecified atom stereocenters. The fourth-order valence-corrected chi connectivity index (χ4v) is 2.16. The van der Waals surface area contributed by atoms with Crippen molar-refractivity contribution in [3.8, 4) is 0 Å². The monoisotopic (exact) mass is 334 g/mol. The first-order valence-electron chi connectivity index (χ1n) is 5.69. The van der Waals surface area contributed by atoms with Crippen molar-refractivity contribution in [1.82, 2.24) is 5.32 Å². The average Bonchev–Trinajstić information content (AvgIpc) is 2.28. The van der Waals surface area contributed by atoms with Gasteiger partial charge in [0.15, 0.2) is 5.82 Å². The fourth-order valence-electron chi connectivity index (χ4n) is 1.66. The molecule has 7 heteroatoms. The van der Waals surface area contributed by atoms with E-state index in [1.165, 1.54) is 0 Å². The number of nitrogens with one attached hydrogen (secondary N) is 2. The molecule has 0 aromatic heterocycles. The zero-order valence-electron chi connectivity index (χ0n) is 10.2. The molecule has 1 aromatic carbocycles. The minimum atomic E-state index is -0.836. The number of halogens is 3. The van der Waals surface area contributed by atoms with Gasteiger partial charge in [0.1, 0.15) is 12.4 Å². The Balaban J connectivity index is 1.95. The van der Waals surface area contributed by atoms with Crippen molar-refractivity contribution in [3.63, 3.8) is 0 Å². The Kier molecular flexibility index (Phi) is 4.17. The molecule has 0 saturated carbocycles. The Morgan fingerprint density at radius 2 is 2.21 bits per heavy atom. The van der Waals surface area contributed by atoms with E-state index in [1.807, 2.05) is 6.92 Å². The first-order valence-corrected chi connectivity index (χ1v) is 6.48. The lowest BCUT2D eigenvalue weighted by molar-refractivity contribution is -0.130. The van der Waals surface area contributed by atoms with Crippen LogP contribution in [0.2, 0.25) is 0 Å². The van der Waals surface area contributed by atoms with Crippen LogP contribution >= 0.6 is 15.9 Å². The summed E-state index contributed by atoms with van der Waals surface area (Å²) < 4.78 is 31.9. The quantitative estimate of drug-likeness (QED) is 0.886. The van der Waals surface area contributed by atoms with E-state index >= 15 is 0 Å². The second kappa shape index (κ2) is 5.52. The van der Waals surface area contributed by atoms with E-state index in [4.69, 9.17) is 4.74 Å². The van der Waals surface area contributed by atoms with Crippen LogP contribution in [0.25, 0.3) is 0 Å². The van der Waals surface area contributed by atoms with Gasteiger partial charge in [0.25, 0.3) is 5.91 Å². The summed E-state index contributed by atoms with van der Waals surface area (Å²) >= 11 is 3.00. The molecule has 1 aromatic rings. The Bertz CT molecular complexity index is 483. The van der Waals surface area contributed by atoms with Gasteiger partial charge in [0.2, 0.25) is 0 Å². The van der Waals surface area contributed by atoms with Crippen LogP contribution in [0.3, 0.4) is 0 Å². The fraction of sp³-hybridized carbons (Fsp3) is 0.417. The summed E-state index contributed by atoms with van der Waals surface area (Å²) in [5, 5.41) is 5.39. The Morgan fingerprint density at radius 3 is 2.74 bits per heavy atom. The van der Waals surface area contributed by atoms with Crippen LogP contribution < -0.4 is 10.6 Å². The van der Waals surface area contributed by atoms with Crippen LogP contribution in [0.15, 0.2) is 16.6 Å². The predicted molar refractivity (Wildman–Crippen MR) is 69.9 cm³/mol. The topological polar surface area (TPSA) is 50.4 Å². The molecule has 4 nitrogen and oxygen atoms in total. The smallest absolute Gasteiger partial charge is 0.250 e. The van der Waals surface area contributed by atoms with E-state index in [9.17, 15) is 13.6 Å². The zero-order valence-corrected chi connectivity index (χ0v) is 11.8. The van der Waals surface area contributed by atoms with Crippen molar-refractivity contribution in [1.29, 1.82) is 0 Å². The molecule has 19 heavy (non-hydrogen) atoms. The molecule has 1 aliphatic heterocycles. The highest BCUT2D eigenvalue weighted by atomic mass is 79.9. The number of amides is 1. The minimum Gasteiger partial charge on any atom is -0.363 e. The predicted octanol–water partition coefficient (Wildman–Crippen LogP) is 2.04. The summed E-state index contributed by atoms with van der Waals surface area (Å²) in [5.41, 5.74) is -0.442. The molecule has 1 saturated heterocycles. The van der Waals surface area contributed by atoms with Crippen molar-refractivity contribution in [2.24, 2.45) is 0 Å². The largest absolute Gasteiger partial charge is 0.363 e. The molecule has 0 radical (unpaired) electrons. The van der Waals surface area contributed by atoms with Gasteiger partial charge >= 0.3 is 0 Å².